The van der Waals surface area contributed by atoms with E-state index in [1.807, 2.05) is 0 Å². The summed E-state index contributed by atoms with van der Waals surface area (Å²) < 4.78 is 6.52. The van der Waals surface area contributed by atoms with Crippen molar-refractivity contribution in [1.29, 1.82) is 0 Å². The molecule has 0 atom stereocenters. The molecule has 1 saturated carbocycles. The number of hydrogen-bond acceptors (Lipinski definition) is 6. The molecule has 1 aromatic carbocycles. The Labute approximate surface area is 136 Å². The van der Waals surface area contributed by atoms with E-state index in [9.17, 15) is 9.59 Å². The van der Waals surface area contributed by atoms with E-state index in [0.29, 0.717) is 22.6 Å². The van der Waals surface area contributed by atoms with Gasteiger partial charge in [0.25, 0.3) is 0 Å². The van der Waals surface area contributed by atoms with Crippen LogP contribution >= 0.6 is 0 Å². The van der Waals surface area contributed by atoms with E-state index in [1.54, 1.807) is 18.2 Å². The van der Waals surface area contributed by atoms with Gasteiger partial charge in [-0.25, -0.2) is 9.67 Å². The van der Waals surface area contributed by atoms with Crippen molar-refractivity contribution < 1.29 is 14.0 Å². The van der Waals surface area contributed by atoms with E-state index < -0.39 is 0 Å². The van der Waals surface area contributed by atoms with Crippen LogP contribution in [0.25, 0.3) is 11.1 Å². The summed E-state index contributed by atoms with van der Waals surface area (Å²) in [6.07, 6.45) is 4.71. The van der Waals surface area contributed by atoms with Crippen LogP contribution in [0.2, 0.25) is 0 Å². The Balaban J connectivity index is 1.36. The zero-order valence-electron chi connectivity index (χ0n) is 12.6. The summed E-state index contributed by atoms with van der Waals surface area (Å²) in [6.45, 7) is -0.0108. The summed E-state index contributed by atoms with van der Waals surface area (Å²) in [6, 6.07) is 5.19. The minimum atomic E-state index is -0.261. The van der Waals surface area contributed by atoms with Crippen LogP contribution in [-0.4, -0.2) is 31.8 Å². The van der Waals surface area contributed by atoms with Crippen LogP contribution in [0.1, 0.15) is 12.8 Å². The molecule has 1 fully saturated rings. The van der Waals surface area contributed by atoms with E-state index in [4.69, 9.17) is 4.42 Å². The first-order chi connectivity index (χ1) is 11.7. The first kappa shape index (κ1) is 14.4. The Morgan fingerprint density at radius 1 is 1.29 bits per heavy atom. The molecule has 122 valence electrons. The lowest BCUT2D eigenvalue weighted by Gasteiger charge is -2.04. The molecule has 0 aliphatic heterocycles. The first-order valence-electron chi connectivity index (χ1n) is 7.51. The maximum Gasteiger partial charge on any atom is 0.246 e. The van der Waals surface area contributed by atoms with Crippen LogP contribution < -0.4 is 10.6 Å². The van der Waals surface area contributed by atoms with Crippen LogP contribution in [0.15, 0.2) is 35.2 Å². The van der Waals surface area contributed by atoms with Crippen LogP contribution in [0.3, 0.4) is 0 Å². The van der Waals surface area contributed by atoms with Crippen LogP contribution in [0.5, 0.6) is 0 Å². The van der Waals surface area contributed by atoms with Gasteiger partial charge in [0.15, 0.2) is 17.8 Å². The zero-order valence-corrected chi connectivity index (χ0v) is 12.6. The first-order valence-corrected chi connectivity index (χ1v) is 7.51. The third-order valence-electron chi connectivity index (χ3n) is 3.66. The molecular formula is C15H14N6O3. The summed E-state index contributed by atoms with van der Waals surface area (Å²) in [4.78, 5) is 27.8. The van der Waals surface area contributed by atoms with Crippen molar-refractivity contribution >= 4 is 34.4 Å². The van der Waals surface area contributed by atoms with Crippen LogP contribution in [0, 0.1) is 5.92 Å². The van der Waals surface area contributed by atoms with E-state index in [-0.39, 0.29) is 24.3 Å². The highest BCUT2D eigenvalue weighted by Crippen LogP contribution is 2.29. The number of hydrogen-bond donors (Lipinski definition) is 2. The van der Waals surface area contributed by atoms with Crippen LogP contribution in [-0.2, 0) is 16.1 Å². The maximum absolute atomic E-state index is 12.1. The van der Waals surface area contributed by atoms with E-state index >= 15 is 0 Å². The molecule has 2 heterocycles. The van der Waals surface area contributed by atoms with Gasteiger partial charge in [-0.3, -0.25) is 9.59 Å². The molecular weight excluding hydrogens is 312 g/mol. The number of oxazole rings is 1. The summed E-state index contributed by atoms with van der Waals surface area (Å²) in [5.74, 6) is 0.129. The number of aromatic nitrogens is 4. The summed E-state index contributed by atoms with van der Waals surface area (Å²) >= 11 is 0. The number of rotatable bonds is 5. The topological polar surface area (TPSA) is 115 Å². The van der Waals surface area contributed by atoms with Gasteiger partial charge in [-0.1, -0.05) is 5.21 Å². The van der Waals surface area contributed by atoms with Gasteiger partial charge in [0.1, 0.15) is 12.1 Å². The molecule has 24 heavy (non-hydrogen) atoms. The number of anilines is 2. The van der Waals surface area contributed by atoms with Crippen molar-refractivity contribution in [1.82, 2.24) is 20.0 Å². The highest BCUT2D eigenvalue weighted by Gasteiger charge is 2.30. The van der Waals surface area contributed by atoms with Gasteiger partial charge in [-0.2, -0.15) is 0 Å². The molecule has 0 spiro atoms. The Hall–Kier alpha value is -3.23. The lowest BCUT2D eigenvalue weighted by atomic mass is 10.3. The fourth-order valence-corrected chi connectivity index (χ4v) is 2.29. The molecule has 0 saturated heterocycles. The Kier molecular flexibility index (Phi) is 3.45. The van der Waals surface area contributed by atoms with Gasteiger partial charge in [-0.15, -0.1) is 5.10 Å². The van der Waals surface area contributed by atoms with Crippen molar-refractivity contribution in [2.45, 2.75) is 19.4 Å². The Morgan fingerprint density at radius 3 is 3.00 bits per heavy atom. The molecule has 9 heteroatoms. The molecule has 4 rings (SSSR count). The number of nitrogens with one attached hydrogen (secondary N) is 2. The number of carbonyl (C=O) groups is 2. The quantitative estimate of drug-likeness (QED) is 0.732. The third-order valence-corrected chi connectivity index (χ3v) is 3.66. The third kappa shape index (κ3) is 3.09. The molecule has 0 bridgehead atoms. The number of benzene rings is 1. The molecule has 1 aliphatic carbocycles. The largest absolute Gasteiger partial charge is 0.443 e. The lowest BCUT2D eigenvalue weighted by Crippen LogP contribution is -2.19. The minimum absolute atomic E-state index is 0.0108. The predicted octanol–water partition coefficient (Wildman–Crippen LogP) is 1.41. The average molecular weight is 326 g/mol. The summed E-state index contributed by atoms with van der Waals surface area (Å²) in [5, 5.41) is 13.1. The second kappa shape index (κ2) is 5.76. The molecule has 3 aromatic rings. The maximum atomic E-state index is 12.1. The van der Waals surface area contributed by atoms with Gasteiger partial charge in [-0.05, 0) is 31.0 Å². The van der Waals surface area contributed by atoms with Gasteiger partial charge >= 0.3 is 0 Å². The molecule has 2 aromatic heterocycles. The second-order valence-corrected chi connectivity index (χ2v) is 5.65. The number of nitrogens with zero attached hydrogens (tertiary/aromatic N) is 4. The van der Waals surface area contributed by atoms with Crippen molar-refractivity contribution in [3.63, 3.8) is 0 Å². The highest BCUT2D eigenvalue weighted by atomic mass is 16.3. The molecule has 2 amide bonds. The fourth-order valence-electron chi connectivity index (χ4n) is 2.29. The van der Waals surface area contributed by atoms with Crippen molar-refractivity contribution in [2.24, 2.45) is 5.92 Å². The van der Waals surface area contributed by atoms with Gasteiger partial charge in [0.2, 0.25) is 11.8 Å². The highest BCUT2D eigenvalue weighted by molar-refractivity contribution is 5.93. The van der Waals surface area contributed by atoms with Crippen molar-refractivity contribution in [2.75, 3.05) is 10.6 Å². The van der Waals surface area contributed by atoms with Gasteiger partial charge in [0.05, 0.1) is 6.20 Å². The second-order valence-electron chi connectivity index (χ2n) is 5.65. The van der Waals surface area contributed by atoms with Gasteiger partial charge in [0, 0.05) is 11.6 Å². The van der Waals surface area contributed by atoms with E-state index in [2.05, 4.69) is 25.9 Å². The standard InChI is InChI=1S/C15H14N6O3/c22-14(17-10-3-4-12-11(5-10)16-8-24-12)7-21-6-13(19-20-21)18-15(23)9-1-2-9/h3-6,8-9H,1-2,7H2,(H,17,22)(H,18,23). The monoisotopic (exact) mass is 326 g/mol. The zero-order chi connectivity index (χ0) is 16.5. The van der Waals surface area contributed by atoms with E-state index in [0.717, 1.165) is 12.8 Å². The average Bonchev–Trinajstić information content (AvgIpc) is 3.16. The molecule has 2 N–H and O–H groups in total. The fraction of sp³-hybridized carbons (Fsp3) is 0.267. The van der Waals surface area contributed by atoms with Crippen molar-refractivity contribution in [3.8, 4) is 0 Å². The Bertz CT molecular complexity index is 911. The molecule has 0 unspecified atom stereocenters. The summed E-state index contributed by atoms with van der Waals surface area (Å²) in [7, 11) is 0. The molecule has 1 aliphatic rings. The lowest BCUT2D eigenvalue weighted by molar-refractivity contribution is -0.117. The van der Waals surface area contributed by atoms with E-state index in [1.165, 1.54) is 17.3 Å². The number of amides is 2. The summed E-state index contributed by atoms with van der Waals surface area (Å²) in [5.41, 5.74) is 1.93. The number of fused-ring (bicyclic) bond motifs is 1. The Morgan fingerprint density at radius 2 is 2.17 bits per heavy atom. The normalized spacial score (nSPS) is 13.8. The number of carbonyl (C=O) groups excluding carboxylic acids is 2. The molecule has 9 nitrogen and oxygen atoms in total. The van der Waals surface area contributed by atoms with Crippen molar-refractivity contribution in [3.05, 3.63) is 30.8 Å². The smallest absolute Gasteiger partial charge is 0.246 e. The van der Waals surface area contributed by atoms with Gasteiger partial charge < -0.3 is 15.1 Å². The predicted molar refractivity (Wildman–Crippen MR) is 84.0 cm³/mol. The minimum Gasteiger partial charge on any atom is -0.443 e. The SMILES string of the molecule is O=C(Cn1cc(NC(=O)C2CC2)nn1)Nc1ccc2ocnc2c1. The van der Waals surface area contributed by atoms with Crippen LogP contribution in [0.4, 0.5) is 11.5 Å². The molecule has 0 radical (unpaired) electrons.